The SMILES string of the molecule is COc1ccc([C@@H]2C[C@H](C(F)(F)F)n3nc(C(=O)Nc4ccc5c(c4)CCC5)cc3N2)cc1. The quantitative estimate of drug-likeness (QED) is 0.560. The summed E-state index contributed by atoms with van der Waals surface area (Å²) in [6.07, 6.45) is -1.68. The van der Waals surface area contributed by atoms with E-state index in [1.165, 1.54) is 24.3 Å². The molecule has 0 saturated carbocycles. The van der Waals surface area contributed by atoms with Crippen LogP contribution in [0.15, 0.2) is 48.5 Å². The minimum atomic E-state index is -4.51. The van der Waals surface area contributed by atoms with Crippen molar-refractivity contribution < 1.29 is 22.7 Å². The molecule has 0 fully saturated rings. The van der Waals surface area contributed by atoms with E-state index in [2.05, 4.69) is 15.7 Å². The molecule has 0 bridgehead atoms. The average molecular weight is 456 g/mol. The number of alkyl halides is 3. The number of ether oxygens (including phenoxy) is 1. The highest BCUT2D eigenvalue weighted by Gasteiger charge is 2.46. The van der Waals surface area contributed by atoms with E-state index in [0.29, 0.717) is 17.0 Å². The van der Waals surface area contributed by atoms with E-state index in [1.54, 1.807) is 24.3 Å². The van der Waals surface area contributed by atoms with E-state index in [4.69, 9.17) is 4.74 Å². The van der Waals surface area contributed by atoms with Crippen LogP contribution in [0.5, 0.6) is 5.75 Å². The maximum atomic E-state index is 13.9. The van der Waals surface area contributed by atoms with Crippen molar-refractivity contribution in [3.8, 4) is 5.75 Å². The number of benzene rings is 2. The summed E-state index contributed by atoms with van der Waals surface area (Å²) in [5, 5.41) is 9.90. The molecule has 0 unspecified atom stereocenters. The van der Waals surface area contributed by atoms with Crippen molar-refractivity contribution >= 4 is 17.4 Å². The Morgan fingerprint density at radius 3 is 2.61 bits per heavy atom. The summed E-state index contributed by atoms with van der Waals surface area (Å²) >= 11 is 0. The van der Waals surface area contributed by atoms with Gasteiger partial charge in [0.25, 0.3) is 5.91 Å². The Morgan fingerprint density at radius 2 is 1.88 bits per heavy atom. The second-order valence-electron chi connectivity index (χ2n) is 8.41. The third kappa shape index (κ3) is 4.15. The Balaban J connectivity index is 1.41. The summed E-state index contributed by atoms with van der Waals surface area (Å²) in [6, 6.07) is 11.5. The fourth-order valence-corrected chi connectivity index (χ4v) is 4.58. The highest BCUT2D eigenvalue weighted by molar-refractivity contribution is 6.03. The molecular weight excluding hydrogens is 433 g/mol. The largest absolute Gasteiger partial charge is 0.497 e. The first-order valence-corrected chi connectivity index (χ1v) is 10.8. The Morgan fingerprint density at radius 1 is 1.12 bits per heavy atom. The van der Waals surface area contributed by atoms with Crippen LogP contribution in [0.2, 0.25) is 0 Å². The number of fused-ring (bicyclic) bond motifs is 2. The molecule has 2 heterocycles. The van der Waals surface area contributed by atoms with Gasteiger partial charge < -0.3 is 15.4 Å². The fraction of sp³-hybridized carbons (Fsp3) is 0.333. The molecule has 2 aromatic carbocycles. The van der Waals surface area contributed by atoms with Crippen molar-refractivity contribution in [1.82, 2.24) is 9.78 Å². The second kappa shape index (κ2) is 8.13. The van der Waals surface area contributed by atoms with Gasteiger partial charge in [-0.25, -0.2) is 4.68 Å². The van der Waals surface area contributed by atoms with Crippen molar-refractivity contribution in [3.05, 3.63) is 70.9 Å². The van der Waals surface area contributed by atoms with Crippen LogP contribution in [0.25, 0.3) is 0 Å². The monoisotopic (exact) mass is 456 g/mol. The molecule has 9 heteroatoms. The summed E-state index contributed by atoms with van der Waals surface area (Å²) in [7, 11) is 1.53. The normalized spacial score (nSPS) is 19.4. The summed E-state index contributed by atoms with van der Waals surface area (Å²) in [4.78, 5) is 12.8. The molecule has 1 aliphatic carbocycles. The third-order valence-electron chi connectivity index (χ3n) is 6.30. The average Bonchev–Trinajstić information content (AvgIpc) is 3.44. The fourth-order valence-electron chi connectivity index (χ4n) is 4.58. The van der Waals surface area contributed by atoms with Crippen LogP contribution in [0, 0.1) is 0 Å². The molecule has 5 rings (SSSR count). The van der Waals surface area contributed by atoms with Gasteiger partial charge in [0.1, 0.15) is 11.6 Å². The number of carbonyl (C=O) groups is 1. The van der Waals surface area contributed by atoms with Gasteiger partial charge in [-0.1, -0.05) is 18.2 Å². The van der Waals surface area contributed by atoms with Crippen molar-refractivity contribution in [2.45, 2.75) is 43.9 Å². The predicted octanol–water partition coefficient (Wildman–Crippen LogP) is 5.29. The van der Waals surface area contributed by atoms with Crippen molar-refractivity contribution in [2.75, 3.05) is 17.7 Å². The molecule has 2 atom stereocenters. The van der Waals surface area contributed by atoms with Gasteiger partial charge in [-0.3, -0.25) is 4.79 Å². The number of methoxy groups -OCH3 is 1. The van der Waals surface area contributed by atoms with Crippen molar-refractivity contribution in [1.29, 1.82) is 0 Å². The number of rotatable bonds is 4. The molecule has 0 spiro atoms. The summed E-state index contributed by atoms with van der Waals surface area (Å²) < 4.78 is 47.7. The number of nitrogens with one attached hydrogen (secondary N) is 2. The van der Waals surface area contributed by atoms with E-state index in [0.717, 1.165) is 23.9 Å². The topological polar surface area (TPSA) is 68.2 Å². The number of hydrogen-bond donors (Lipinski definition) is 2. The van der Waals surface area contributed by atoms with Gasteiger partial charge in [-0.15, -0.1) is 0 Å². The lowest BCUT2D eigenvalue weighted by atomic mass is 9.97. The Labute approximate surface area is 188 Å². The van der Waals surface area contributed by atoms with Crippen LogP contribution in [0.3, 0.4) is 0 Å². The molecule has 172 valence electrons. The lowest BCUT2D eigenvalue weighted by Gasteiger charge is -2.33. The predicted molar refractivity (Wildman–Crippen MR) is 118 cm³/mol. The molecule has 2 N–H and O–H groups in total. The minimum Gasteiger partial charge on any atom is -0.497 e. The Kier molecular flexibility index (Phi) is 5.26. The van der Waals surface area contributed by atoms with Gasteiger partial charge in [-0.2, -0.15) is 18.3 Å². The van der Waals surface area contributed by atoms with E-state index in [-0.39, 0.29) is 17.9 Å². The number of nitrogens with zero attached hydrogens (tertiary/aromatic N) is 2. The molecule has 33 heavy (non-hydrogen) atoms. The van der Waals surface area contributed by atoms with E-state index in [9.17, 15) is 18.0 Å². The van der Waals surface area contributed by atoms with Crippen LogP contribution in [0.1, 0.15) is 52.1 Å². The van der Waals surface area contributed by atoms with Crippen LogP contribution in [-0.4, -0.2) is 29.0 Å². The molecule has 0 saturated heterocycles. The van der Waals surface area contributed by atoms with Gasteiger partial charge >= 0.3 is 6.18 Å². The van der Waals surface area contributed by atoms with Crippen LogP contribution in [0.4, 0.5) is 24.7 Å². The van der Waals surface area contributed by atoms with E-state index < -0.39 is 24.2 Å². The molecule has 1 amide bonds. The van der Waals surface area contributed by atoms with E-state index in [1.807, 2.05) is 18.2 Å². The lowest BCUT2D eigenvalue weighted by molar-refractivity contribution is -0.173. The highest BCUT2D eigenvalue weighted by atomic mass is 19.4. The zero-order valence-corrected chi connectivity index (χ0v) is 17.9. The van der Waals surface area contributed by atoms with Gasteiger partial charge in [0.2, 0.25) is 0 Å². The standard InChI is InChI=1S/C24H23F3N4O2/c1-33-18-9-6-15(7-10-18)19-12-21(24(25,26)27)31-22(29-19)13-20(30-31)23(32)28-17-8-5-14-3-2-4-16(14)11-17/h5-11,13,19,21,29H,2-4,12H2,1H3,(H,28,32)/t19-,21+/m0/s1. The number of amides is 1. The van der Waals surface area contributed by atoms with Crippen molar-refractivity contribution in [3.63, 3.8) is 0 Å². The van der Waals surface area contributed by atoms with Crippen LogP contribution in [-0.2, 0) is 12.8 Å². The van der Waals surface area contributed by atoms with Crippen molar-refractivity contribution in [2.24, 2.45) is 0 Å². The minimum absolute atomic E-state index is 0.0670. The van der Waals surface area contributed by atoms with Gasteiger partial charge in [-0.05, 0) is 60.2 Å². The zero-order valence-electron chi connectivity index (χ0n) is 17.9. The Hall–Kier alpha value is -3.49. The zero-order chi connectivity index (χ0) is 23.2. The molecular formula is C24H23F3N4O2. The number of aryl methyl sites for hydroxylation is 2. The number of anilines is 2. The van der Waals surface area contributed by atoms with Crippen LogP contribution >= 0.6 is 0 Å². The Bertz CT molecular complexity index is 1190. The highest BCUT2D eigenvalue weighted by Crippen LogP contribution is 2.43. The molecule has 1 aliphatic heterocycles. The number of aromatic nitrogens is 2. The first-order chi connectivity index (χ1) is 15.8. The maximum absolute atomic E-state index is 13.9. The molecule has 2 aliphatic rings. The smallest absolute Gasteiger partial charge is 0.410 e. The maximum Gasteiger partial charge on any atom is 0.410 e. The third-order valence-corrected chi connectivity index (χ3v) is 6.30. The first-order valence-electron chi connectivity index (χ1n) is 10.8. The van der Waals surface area contributed by atoms with Crippen LogP contribution < -0.4 is 15.4 Å². The van der Waals surface area contributed by atoms with Gasteiger partial charge in [0, 0.05) is 18.2 Å². The lowest BCUT2D eigenvalue weighted by Crippen LogP contribution is -2.35. The number of halogens is 3. The number of hydrogen-bond acceptors (Lipinski definition) is 4. The van der Waals surface area contributed by atoms with E-state index >= 15 is 0 Å². The van der Waals surface area contributed by atoms with Gasteiger partial charge in [0.05, 0.1) is 13.2 Å². The first kappa shape index (κ1) is 21.4. The number of carbonyl (C=O) groups excluding carboxylic acids is 1. The molecule has 3 aromatic rings. The molecule has 6 nitrogen and oxygen atoms in total. The summed E-state index contributed by atoms with van der Waals surface area (Å²) in [5.41, 5.74) is 3.71. The summed E-state index contributed by atoms with van der Waals surface area (Å²) in [5.74, 6) is 0.236. The summed E-state index contributed by atoms with van der Waals surface area (Å²) in [6.45, 7) is 0. The van der Waals surface area contributed by atoms with Gasteiger partial charge in [0.15, 0.2) is 11.7 Å². The molecule has 1 aromatic heterocycles. The second-order valence-corrected chi connectivity index (χ2v) is 8.41. The molecule has 0 radical (unpaired) electrons.